The van der Waals surface area contributed by atoms with Gasteiger partial charge in [-0.3, -0.25) is 4.90 Å². The highest BCUT2D eigenvalue weighted by atomic mass is 15.2. The van der Waals surface area contributed by atoms with Crippen molar-refractivity contribution in [3.05, 3.63) is 0 Å². The molecule has 0 aromatic heterocycles. The molecule has 0 spiro atoms. The molecule has 2 saturated heterocycles. The fourth-order valence-corrected chi connectivity index (χ4v) is 2.89. The van der Waals surface area contributed by atoms with E-state index < -0.39 is 0 Å². The topological polar surface area (TPSA) is 3.24 Å². The van der Waals surface area contributed by atoms with Crippen LogP contribution >= 0.6 is 0 Å². The minimum absolute atomic E-state index is 0.407. The third-order valence-electron chi connectivity index (χ3n) is 3.57. The minimum Gasteiger partial charge on any atom is -0.295 e. The van der Waals surface area contributed by atoms with E-state index in [2.05, 4.69) is 25.7 Å². The van der Waals surface area contributed by atoms with E-state index in [0.717, 1.165) is 12.0 Å². The first-order valence-corrected chi connectivity index (χ1v) is 5.34. The van der Waals surface area contributed by atoms with Crippen molar-refractivity contribution in [2.75, 3.05) is 6.54 Å². The lowest BCUT2D eigenvalue weighted by Gasteiger charge is -2.51. The summed E-state index contributed by atoms with van der Waals surface area (Å²) in [6.07, 6.45) is 5.92. The first-order valence-electron chi connectivity index (χ1n) is 5.34. The Labute approximate surface area is 76.1 Å². The molecule has 3 fully saturated rings. The highest BCUT2D eigenvalue weighted by Crippen LogP contribution is 2.38. The van der Waals surface area contributed by atoms with Gasteiger partial charge in [0.15, 0.2) is 0 Å². The second kappa shape index (κ2) is 2.73. The van der Waals surface area contributed by atoms with E-state index in [-0.39, 0.29) is 0 Å². The van der Waals surface area contributed by atoms with E-state index in [1.165, 1.54) is 32.2 Å². The predicted molar refractivity (Wildman–Crippen MR) is 52.2 cm³/mol. The Kier molecular flexibility index (Phi) is 1.95. The van der Waals surface area contributed by atoms with Gasteiger partial charge in [-0.15, -0.1) is 0 Å². The van der Waals surface area contributed by atoms with Gasteiger partial charge in [-0.25, -0.2) is 0 Å². The van der Waals surface area contributed by atoms with Crippen LogP contribution in [-0.2, 0) is 0 Å². The number of rotatable bonds is 0. The Morgan fingerprint density at radius 1 is 1.00 bits per heavy atom. The molecular formula is C11H21N. The molecule has 0 aromatic rings. The summed E-state index contributed by atoms with van der Waals surface area (Å²) in [7, 11) is 0. The zero-order valence-corrected chi connectivity index (χ0v) is 8.64. The maximum Gasteiger partial charge on any atom is 0.0128 e. The van der Waals surface area contributed by atoms with Crippen molar-refractivity contribution in [3.8, 4) is 0 Å². The lowest BCUT2D eigenvalue weighted by molar-refractivity contribution is -0.0163. The van der Waals surface area contributed by atoms with Crippen LogP contribution in [0, 0.1) is 5.92 Å². The quantitative estimate of drug-likeness (QED) is 0.536. The summed E-state index contributed by atoms with van der Waals surface area (Å²) in [5, 5.41) is 0. The first kappa shape index (κ1) is 8.55. The lowest BCUT2D eigenvalue weighted by atomic mass is 9.78. The van der Waals surface area contributed by atoms with Gasteiger partial charge in [0.05, 0.1) is 0 Å². The average Bonchev–Trinajstić information content (AvgIpc) is 2.05. The van der Waals surface area contributed by atoms with E-state index in [4.69, 9.17) is 0 Å². The van der Waals surface area contributed by atoms with Crippen LogP contribution in [-0.4, -0.2) is 23.0 Å². The fourth-order valence-electron chi connectivity index (χ4n) is 2.89. The van der Waals surface area contributed by atoms with Gasteiger partial charge in [0, 0.05) is 18.1 Å². The van der Waals surface area contributed by atoms with Gasteiger partial charge in [0.25, 0.3) is 0 Å². The van der Waals surface area contributed by atoms with Crippen molar-refractivity contribution in [1.29, 1.82) is 0 Å². The molecule has 1 saturated carbocycles. The monoisotopic (exact) mass is 167 g/mol. The molecule has 2 aliphatic heterocycles. The smallest absolute Gasteiger partial charge is 0.0128 e. The highest BCUT2D eigenvalue weighted by Gasteiger charge is 2.38. The largest absolute Gasteiger partial charge is 0.295 e. The molecule has 1 nitrogen and oxygen atoms in total. The molecule has 1 heteroatoms. The van der Waals surface area contributed by atoms with Crippen molar-refractivity contribution in [2.45, 2.75) is 58.0 Å². The molecule has 1 aliphatic carbocycles. The van der Waals surface area contributed by atoms with E-state index in [0.29, 0.717) is 5.54 Å². The molecule has 0 aromatic carbocycles. The van der Waals surface area contributed by atoms with E-state index in [9.17, 15) is 0 Å². The second-order valence-electron chi connectivity index (χ2n) is 5.50. The van der Waals surface area contributed by atoms with Gasteiger partial charge >= 0.3 is 0 Å². The predicted octanol–water partition coefficient (Wildman–Crippen LogP) is 2.66. The first-order chi connectivity index (χ1) is 5.57. The van der Waals surface area contributed by atoms with Crippen LogP contribution in [0.5, 0.6) is 0 Å². The summed E-state index contributed by atoms with van der Waals surface area (Å²) in [5.74, 6) is 1.02. The Balaban J connectivity index is 2.09. The molecule has 2 heterocycles. The number of piperidine rings is 2. The average molecular weight is 167 g/mol. The number of hydrogen-bond acceptors (Lipinski definition) is 1. The van der Waals surface area contributed by atoms with Gasteiger partial charge < -0.3 is 0 Å². The molecule has 0 N–H and O–H groups in total. The van der Waals surface area contributed by atoms with Gasteiger partial charge in [0.2, 0.25) is 0 Å². The molecule has 0 atom stereocenters. The van der Waals surface area contributed by atoms with Crippen LogP contribution in [0.1, 0.15) is 46.5 Å². The maximum absolute atomic E-state index is 2.73. The van der Waals surface area contributed by atoms with Crippen molar-refractivity contribution in [2.24, 2.45) is 5.92 Å². The van der Waals surface area contributed by atoms with E-state index in [1.54, 1.807) is 0 Å². The Bertz CT molecular complexity index is 160. The Morgan fingerprint density at radius 2 is 1.58 bits per heavy atom. The van der Waals surface area contributed by atoms with Crippen LogP contribution in [0.15, 0.2) is 0 Å². The normalized spacial score (nSPS) is 37.2. The lowest BCUT2D eigenvalue weighted by Crippen LogP contribution is -2.56. The minimum atomic E-state index is 0.407. The molecule has 3 rings (SSSR count). The summed E-state index contributed by atoms with van der Waals surface area (Å²) in [6.45, 7) is 8.43. The summed E-state index contributed by atoms with van der Waals surface area (Å²) < 4.78 is 0. The summed E-state index contributed by atoms with van der Waals surface area (Å²) in [6, 6.07) is 0.912. The SMILES string of the molecule is CC(C)(C)N1C[C@H]2CC[C@@H]1CC2. The Hall–Kier alpha value is -0.0400. The van der Waals surface area contributed by atoms with Crippen LogP contribution in [0.2, 0.25) is 0 Å². The molecule has 0 amide bonds. The second-order valence-corrected chi connectivity index (χ2v) is 5.50. The van der Waals surface area contributed by atoms with E-state index in [1.807, 2.05) is 0 Å². The fraction of sp³-hybridized carbons (Fsp3) is 1.00. The van der Waals surface area contributed by atoms with Crippen molar-refractivity contribution >= 4 is 0 Å². The van der Waals surface area contributed by atoms with Crippen LogP contribution in [0.25, 0.3) is 0 Å². The van der Waals surface area contributed by atoms with Crippen LogP contribution < -0.4 is 0 Å². The molecule has 0 radical (unpaired) electrons. The molecular weight excluding hydrogens is 146 g/mol. The summed E-state index contributed by atoms with van der Waals surface area (Å²) in [5.41, 5.74) is 0.407. The molecule has 12 heavy (non-hydrogen) atoms. The molecule has 2 bridgehead atoms. The Morgan fingerprint density at radius 3 is 1.83 bits per heavy atom. The zero-order chi connectivity index (χ0) is 8.77. The molecule has 70 valence electrons. The van der Waals surface area contributed by atoms with Gasteiger partial charge in [-0.05, 0) is 52.4 Å². The van der Waals surface area contributed by atoms with Crippen molar-refractivity contribution < 1.29 is 0 Å². The van der Waals surface area contributed by atoms with Crippen molar-refractivity contribution in [1.82, 2.24) is 4.90 Å². The van der Waals surface area contributed by atoms with E-state index >= 15 is 0 Å². The zero-order valence-electron chi connectivity index (χ0n) is 8.64. The number of nitrogens with zero attached hydrogens (tertiary/aromatic N) is 1. The third-order valence-corrected chi connectivity index (χ3v) is 3.57. The maximum atomic E-state index is 2.73. The van der Waals surface area contributed by atoms with Gasteiger partial charge in [-0.1, -0.05) is 0 Å². The van der Waals surface area contributed by atoms with Crippen LogP contribution in [0.4, 0.5) is 0 Å². The molecule has 3 aliphatic rings. The van der Waals surface area contributed by atoms with Crippen LogP contribution in [0.3, 0.4) is 0 Å². The summed E-state index contributed by atoms with van der Waals surface area (Å²) in [4.78, 5) is 2.73. The summed E-state index contributed by atoms with van der Waals surface area (Å²) >= 11 is 0. The number of hydrogen-bond donors (Lipinski definition) is 0. The highest BCUT2D eigenvalue weighted by molar-refractivity contribution is 4.93. The third kappa shape index (κ3) is 1.39. The van der Waals surface area contributed by atoms with Gasteiger partial charge in [0.1, 0.15) is 0 Å². The van der Waals surface area contributed by atoms with Crippen molar-refractivity contribution in [3.63, 3.8) is 0 Å². The molecule has 0 unspecified atom stereocenters. The van der Waals surface area contributed by atoms with Gasteiger partial charge in [-0.2, -0.15) is 0 Å². The standard InChI is InChI=1S/C11H21N/c1-11(2,3)12-8-9-4-6-10(12)7-5-9/h9-10H,4-8H2,1-3H3/t9-,10+. The number of fused-ring (bicyclic) bond motifs is 3.